The lowest BCUT2D eigenvalue weighted by molar-refractivity contribution is -0.395. The lowest BCUT2D eigenvalue weighted by Gasteiger charge is -2.12. The average Bonchev–Trinajstić information content (AvgIpc) is 2.61. The van der Waals surface area contributed by atoms with Crippen molar-refractivity contribution in [2.24, 2.45) is 0 Å². The molecule has 0 fully saturated rings. The Morgan fingerprint density at radius 3 is 2.04 bits per heavy atom. The highest BCUT2D eigenvalue weighted by Crippen LogP contribution is 2.32. The molecule has 0 aliphatic rings. The molecule has 0 bridgehead atoms. The first-order valence-electron chi connectivity index (χ1n) is 7.25. The quantitative estimate of drug-likeness (QED) is 0.617. The monoisotopic (exact) mass is 361 g/mol. The summed E-state index contributed by atoms with van der Waals surface area (Å²) in [6.45, 7) is 1.25. The molecule has 136 valence electrons. The van der Waals surface area contributed by atoms with E-state index in [-0.39, 0.29) is 16.8 Å². The Bertz CT molecular complexity index is 860. The number of carbonyl (C=O) groups is 1. The molecule has 0 heterocycles. The highest BCUT2D eigenvalue weighted by molar-refractivity contribution is 6.06. The molecule has 10 nitrogen and oxygen atoms in total. The first-order valence-corrected chi connectivity index (χ1v) is 7.25. The summed E-state index contributed by atoms with van der Waals surface area (Å²) in [6, 6.07) is 6.66. The number of hydrogen-bond donors (Lipinski definition) is 1. The van der Waals surface area contributed by atoms with Gasteiger partial charge < -0.3 is 14.8 Å². The third-order valence-corrected chi connectivity index (χ3v) is 3.66. The maximum Gasteiger partial charge on any atom is 0.279 e. The third-order valence-electron chi connectivity index (χ3n) is 3.66. The zero-order chi connectivity index (χ0) is 19.4. The maximum atomic E-state index is 12.5. The van der Waals surface area contributed by atoms with Crippen molar-refractivity contribution in [3.63, 3.8) is 0 Å². The number of carbonyl (C=O) groups excluding carboxylic acids is 1. The highest BCUT2D eigenvalue weighted by atomic mass is 16.6. The van der Waals surface area contributed by atoms with E-state index < -0.39 is 27.1 Å². The van der Waals surface area contributed by atoms with Gasteiger partial charge in [0.25, 0.3) is 17.3 Å². The lowest BCUT2D eigenvalue weighted by Crippen LogP contribution is -2.14. The van der Waals surface area contributed by atoms with Crippen molar-refractivity contribution < 1.29 is 24.1 Å². The van der Waals surface area contributed by atoms with E-state index in [9.17, 15) is 25.0 Å². The lowest BCUT2D eigenvalue weighted by atomic mass is 10.1. The average molecular weight is 361 g/mol. The Morgan fingerprint density at radius 1 is 1.00 bits per heavy atom. The molecule has 1 N–H and O–H groups in total. The van der Waals surface area contributed by atoms with Gasteiger partial charge in [-0.15, -0.1) is 0 Å². The summed E-state index contributed by atoms with van der Waals surface area (Å²) >= 11 is 0. The molecule has 0 atom stereocenters. The fourth-order valence-corrected chi connectivity index (χ4v) is 2.30. The van der Waals surface area contributed by atoms with Crippen LogP contribution in [-0.2, 0) is 0 Å². The van der Waals surface area contributed by atoms with Crippen LogP contribution in [0.5, 0.6) is 11.5 Å². The minimum Gasteiger partial charge on any atom is -0.497 e. The molecule has 0 aliphatic carbocycles. The molecule has 0 spiro atoms. The van der Waals surface area contributed by atoms with Crippen LogP contribution in [0.1, 0.15) is 15.9 Å². The van der Waals surface area contributed by atoms with Crippen LogP contribution < -0.4 is 14.8 Å². The van der Waals surface area contributed by atoms with Gasteiger partial charge in [-0.05, 0) is 19.1 Å². The Balaban J connectivity index is 2.47. The number of nitro benzene ring substituents is 2. The number of nitro groups is 2. The fraction of sp³-hybridized carbons (Fsp3) is 0.188. The molecule has 26 heavy (non-hydrogen) atoms. The van der Waals surface area contributed by atoms with Gasteiger partial charge in [0.1, 0.15) is 17.1 Å². The van der Waals surface area contributed by atoms with E-state index in [1.165, 1.54) is 27.2 Å². The maximum absolute atomic E-state index is 12.5. The van der Waals surface area contributed by atoms with Crippen LogP contribution in [0, 0.1) is 27.2 Å². The van der Waals surface area contributed by atoms with E-state index in [4.69, 9.17) is 9.47 Å². The van der Waals surface area contributed by atoms with Crippen molar-refractivity contribution in [3.8, 4) is 11.5 Å². The highest BCUT2D eigenvalue weighted by Gasteiger charge is 2.25. The summed E-state index contributed by atoms with van der Waals surface area (Å²) in [6.07, 6.45) is 0. The van der Waals surface area contributed by atoms with Gasteiger partial charge in [-0.1, -0.05) is 0 Å². The topological polar surface area (TPSA) is 134 Å². The predicted octanol–water partition coefficient (Wildman–Crippen LogP) is 3.08. The molecule has 0 saturated heterocycles. The third kappa shape index (κ3) is 3.69. The van der Waals surface area contributed by atoms with Gasteiger partial charge in [-0.2, -0.15) is 0 Å². The number of methoxy groups -OCH3 is 2. The van der Waals surface area contributed by atoms with Crippen LogP contribution in [0.15, 0.2) is 30.3 Å². The SMILES string of the molecule is COc1ccc(OC)c(NC(=O)c2cc([N+](=O)[O-])c(C)c([N+](=O)[O-])c2)c1. The van der Waals surface area contributed by atoms with E-state index in [2.05, 4.69) is 5.32 Å². The number of benzene rings is 2. The molecular formula is C16H15N3O7. The van der Waals surface area contributed by atoms with Crippen molar-refractivity contribution in [1.29, 1.82) is 0 Å². The summed E-state index contributed by atoms with van der Waals surface area (Å²) < 4.78 is 10.2. The Kier molecular flexibility index (Phi) is 5.36. The summed E-state index contributed by atoms with van der Waals surface area (Å²) in [4.78, 5) is 33.2. The number of ether oxygens (including phenoxy) is 2. The van der Waals surface area contributed by atoms with Crippen LogP contribution in [0.25, 0.3) is 0 Å². The van der Waals surface area contributed by atoms with E-state index in [1.807, 2.05) is 0 Å². The second kappa shape index (κ2) is 7.47. The fourth-order valence-electron chi connectivity index (χ4n) is 2.30. The Labute approximate surface area is 147 Å². The number of anilines is 1. The Hall–Kier alpha value is -3.69. The first kappa shape index (κ1) is 18.6. The minimum atomic E-state index is -0.773. The molecule has 0 aliphatic heterocycles. The summed E-state index contributed by atoms with van der Waals surface area (Å²) in [5, 5.41) is 24.8. The van der Waals surface area contributed by atoms with E-state index in [1.54, 1.807) is 12.1 Å². The van der Waals surface area contributed by atoms with E-state index in [0.29, 0.717) is 11.5 Å². The van der Waals surface area contributed by atoms with E-state index >= 15 is 0 Å². The predicted molar refractivity (Wildman–Crippen MR) is 92.0 cm³/mol. The van der Waals surface area contributed by atoms with Gasteiger partial charge in [0.2, 0.25) is 0 Å². The number of hydrogen-bond acceptors (Lipinski definition) is 7. The second-order valence-corrected chi connectivity index (χ2v) is 5.17. The molecule has 2 rings (SSSR count). The van der Waals surface area contributed by atoms with Gasteiger partial charge in [-0.25, -0.2) is 0 Å². The van der Waals surface area contributed by atoms with Gasteiger partial charge >= 0.3 is 0 Å². The largest absolute Gasteiger partial charge is 0.497 e. The van der Waals surface area contributed by atoms with Crippen LogP contribution in [0.3, 0.4) is 0 Å². The van der Waals surface area contributed by atoms with Gasteiger partial charge in [0.05, 0.1) is 35.3 Å². The van der Waals surface area contributed by atoms with Gasteiger partial charge in [0, 0.05) is 18.2 Å². The molecule has 2 aromatic carbocycles. The van der Waals surface area contributed by atoms with Crippen molar-refractivity contribution in [2.45, 2.75) is 6.92 Å². The number of amides is 1. The van der Waals surface area contributed by atoms with E-state index in [0.717, 1.165) is 12.1 Å². The molecule has 2 aromatic rings. The second-order valence-electron chi connectivity index (χ2n) is 5.17. The molecule has 0 unspecified atom stereocenters. The summed E-state index contributed by atoms with van der Waals surface area (Å²) in [7, 11) is 2.85. The molecular weight excluding hydrogens is 346 g/mol. The zero-order valence-corrected chi connectivity index (χ0v) is 14.1. The van der Waals surface area contributed by atoms with Gasteiger partial charge in [-0.3, -0.25) is 25.0 Å². The number of rotatable bonds is 6. The minimum absolute atomic E-state index is 0.129. The normalized spacial score (nSPS) is 10.1. The van der Waals surface area contributed by atoms with Crippen molar-refractivity contribution >= 4 is 23.0 Å². The molecule has 0 aromatic heterocycles. The molecule has 0 radical (unpaired) electrons. The smallest absolute Gasteiger partial charge is 0.279 e. The van der Waals surface area contributed by atoms with Gasteiger partial charge in [0.15, 0.2) is 0 Å². The number of nitrogens with zero attached hydrogens (tertiary/aromatic N) is 2. The standard InChI is InChI=1S/C16H15N3O7/c1-9-13(18(21)22)6-10(7-14(9)19(23)24)16(20)17-12-8-11(25-2)4-5-15(12)26-3/h4-8H,1-3H3,(H,17,20). The van der Waals surface area contributed by atoms with Crippen LogP contribution in [0.4, 0.5) is 17.1 Å². The van der Waals surface area contributed by atoms with Crippen molar-refractivity contribution in [1.82, 2.24) is 0 Å². The zero-order valence-electron chi connectivity index (χ0n) is 14.1. The number of nitrogens with one attached hydrogen (secondary N) is 1. The first-order chi connectivity index (χ1) is 12.3. The van der Waals surface area contributed by atoms with Crippen LogP contribution in [-0.4, -0.2) is 30.0 Å². The van der Waals surface area contributed by atoms with Crippen LogP contribution >= 0.6 is 0 Å². The van der Waals surface area contributed by atoms with Crippen molar-refractivity contribution in [3.05, 3.63) is 61.7 Å². The summed E-state index contributed by atoms with van der Waals surface area (Å²) in [5.74, 6) is 0.0139. The molecule has 0 saturated carbocycles. The Morgan fingerprint density at radius 2 is 1.58 bits per heavy atom. The molecule has 10 heteroatoms. The molecule has 1 amide bonds. The van der Waals surface area contributed by atoms with Crippen molar-refractivity contribution in [2.75, 3.05) is 19.5 Å². The summed E-state index contributed by atoms with van der Waals surface area (Å²) in [5.41, 5.74) is -1.12. The van der Waals surface area contributed by atoms with Crippen LogP contribution in [0.2, 0.25) is 0 Å².